The number of carbonyl (C=O) groups excluding carboxylic acids is 2. The zero-order chi connectivity index (χ0) is 10.2. The number of thiocarbonyl (C=S) groups is 1. The van der Waals surface area contributed by atoms with Crippen LogP contribution in [0.25, 0.3) is 0 Å². The Morgan fingerprint density at radius 3 is 2.00 bits per heavy atom. The van der Waals surface area contributed by atoms with Crippen LogP contribution in [0.15, 0.2) is 0 Å². The quantitative estimate of drug-likeness (QED) is 0.453. The average Bonchev–Trinajstić information content (AvgIpc) is 2.16. The van der Waals surface area contributed by atoms with Gasteiger partial charge in [-0.05, 0) is 25.1 Å². The minimum atomic E-state index is -0.833. The minimum Gasteiger partial charge on any atom is -0.302 e. The van der Waals surface area contributed by atoms with Crippen molar-refractivity contribution in [1.29, 1.82) is 0 Å². The van der Waals surface area contributed by atoms with Crippen molar-refractivity contribution in [3.8, 4) is 0 Å². The Kier molecular flexibility index (Phi) is 2.26. The van der Waals surface area contributed by atoms with E-state index in [1.807, 2.05) is 0 Å². The second-order valence-corrected chi connectivity index (χ2v) is 4.29. The normalized spacial score (nSPS) is 25.9. The lowest BCUT2D eigenvalue weighted by Gasteiger charge is -2.37. The van der Waals surface area contributed by atoms with Crippen molar-refractivity contribution in [2.24, 2.45) is 5.41 Å². The average molecular weight is 212 g/mol. The Balaban J connectivity index is 2.27. The molecule has 4 nitrogen and oxygen atoms in total. The molecule has 2 rings (SSSR count). The van der Waals surface area contributed by atoms with Gasteiger partial charge in [0.2, 0.25) is 11.8 Å². The summed E-state index contributed by atoms with van der Waals surface area (Å²) in [6.07, 6.45) is 4.27. The van der Waals surface area contributed by atoms with E-state index in [0.717, 1.165) is 19.3 Å². The number of nitrogens with one attached hydrogen (secondary N) is 2. The number of rotatable bonds is 0. The molecule has 1 saturated carbocycles. The molecule has 0 aromatic heterocycles. The van der Waals surface area contributed by atoms with Crippen molar-refractivity contribution >= 4 is 29.1 Å². The first-order valence-corrected chi connectivity index (χ1v) is 5.23. The van der Waals surface area contributed by atoms with Crippen LogP contribution >= 0.6 is 12.2 Å². The summed E-state index contributed by atoms with van der Waals surface area (Å²) in [5.41, 5.74) is -0.833. The molecule has 1 heterocycles. The highest BCUT2D eigenvalue weighted by atomic mass is 32.1. The lowest BCUT2D eigenvalue weighted by Crippen LogP contribution is -2.62. The number of hydrogen-bond acceptors (Lipinski definition) is 3. The van der Waals surface area contributed by atoms with E-state index in [-0.39, 0.29) is 16.9 Å². The van der Waals surface area contributed by atoms with Crippen LogP contribution in [-0.2, 0) is 9.59 Å². The fourth-order valence-corrected chi connectivity index (χ4v) is 2.37. The summed E-state index contributed by atoms with van der Waals surface area (Å²) in [4.78, 5) is 23.5. The van der Waals surface area contributed by atoms with Crippen LogP contribution in [0.5, 0.6) is 0 Å². The van der Waals surface area contributed by atoms with Crippen molar-refractivity contribution < 1.29 is 9.59 Å². The first-order valence-electron chi connectivity index (χ1n) is 4.82. The second-order valence-electron chi connectivity index (χ2n) is 3.88. The van der Waals surface area contributed by atoms with E-state index < -0.39 is 5.41 Å². The van der Waals surface area contributed by atoms with Crippen molar-refractivity contribution in [2.75, 3.05) is 0 Å². The van der Waals surface area contributed by atoms with Crippen LogP contribution in [0.1, 0.15) is 32.1 Å². The first kappa shape index (κ1) is 9.58. The highest BCUT2D eigenvalue weighted by molar-refractivity contribution is 7.80. The van der Waals surface area contributed by atoms with Gasteiger partial charge < -0.3 is 10.6 Å². The fourth-order valence-electron chi connectivity index (χ4n) is 2.19. The van der Waals surface area contributed by atoms with Gasteiger partial charge in [0.15, 0.2) is 5.11 Å². The maximum absolute atomic E-state index is 11.7. The number of hydrogen-bond donors (Lipinski definition) is 2. The van der Waals surface area contributed by atoms with Gasteiger partial charge >= 0.3 is 0 Å². The van der Waals surface area contributed by atoms with Gasteiger partial charge in [-0.25, -0.2) is 0 Å². The number of amides is 2. The third-order valence-electron chi connectivity index (χ3n) is 3.03. The van der Waals surface area contributed by atoms with E-state index in [2.05, 4.69) is 10.6 Å². The Morgan fingerprint density at radius 2 is 1.50 bits per heavy atom. The van der Waals surface area contributed by atoms with Gasteiger partial charge in [0.05, 0.1) is 0 Å². The Labute approximate surface area is 87.4 Å². The molecular formula is C9H12N2O2S. The molecule has 1 aliphatic carbocycles. The second kappa shape index (κ2) is 3.31. The van der Waals surface area contributed by atoms with Gasteiger partial charge in [0.25, 0.3) is 0 Å². The van der Waals surface area contributed by atoms with Gasteiger partial charge in [0, 0.05) is 0 Å². The standard InChI is InChI=1S/C9H12N2O2S/c12-6-9(4-2-1-3-5-9)7(13)11-8(14)10-6/h1-5H2,(H2,10,11,12,13,14). The minimum absolute atomic E-state index is 0.135. The molecule has 1 aliphatic heterocycles. The zero-order valence-corrected chi connectivity index (χ0v) is 8.58. The summed E-state index contributed by atoms with van der Waals surface area (Å²) in [5, 5.41) is 5.20. The molecule has 0 bridgehead atoms. The highest BCUT2D eigenvalue weighted by Crippen LogP contribution is 2.37. The van der Waals surface area contributed by atoms with Crippen LogP contribution in [0.2, 0.25) is 0 Å². The lowest BCUT2D eigenvalue weighted by atomic mass is 9.72. The summed E-state index contributed by atoms with van der Waals surface area (Å²) in [6, 6.07) is 0. The predicted molar refractivity (Wildman–Crippen MR) is 54.4 cm³/mol. The molecule has 2 fully saturated rings. The third-order valence-corrected chi connectivity index (χ3v) is 3.23. The van der Waals surface area contributed by atoms with Crippen LogP contribution in [0.3, 0.4) is 0 Å². The molecule has 0 radical (unpaired) electrons. The van der Waals surface area contributed by atoms with E-state index >= 15 is 0 Å². The van der Waals surface area contributed by atoms with Crippen LogP contribution in [-0.4, -0.2) is 16.9 Å². The third kappa shape index (κ3) is 1.32. The van der Waals surface area contributed by atoms with Crippen LogP contribution < -0.4 is 10.6 Å². The Hall–Kier alpha value is -0.970. The largest absolute Gasteiger partial charge is 0.302 e. The smallest absolute Gasteiger partial charge is 0.241 e. The summed E-state index contributed by atoms with van der Waals surface area (Å²) in [5.74, 6) is -0.433. The molecule has 0 aromatic rings. The van der Waals surface area contributed by atoms with Gasteiger partial charge in [-0.1, -0.05) is 19.3 Å². The summed E-state index contributed by atoms with van der Waals surface area (Å²) in [6.45, 7) is 0. The monoisotopic (exact) mass is 212 g/mol. The number of carbonyl (C=O) groups is 2. The molecule has 2 amide bonds. The van der Waals surface area contributed by atoms with Crippen molar-refractivity contribution in [3.63, 3.8) is 0 Å². The first-order chi connectivity index (χ1) is 6.65. The maximum atomic E-state index is 11.7. The van der Waals surface area contributed by atoms with Crippen molar-refractivity contribution in [1.82, 2.24) is 10.6 Å². The van der Waals surface area contributed by atoms with E-state index in [1.54, 1.807) is 0 Å². The van der Waals surface area contributed by atoms with E-state index in [1.165, 1.54) is 0 Å². The molecule has 2 aliphatic rings. The molecule has 1 saturated heterocycles. The molecule has 2 N–H and O–H groups in total. The zero-order valence-electron chi connectivity index (χ0n) is 7.76. The Bertz CT molecular complexity index is 286. The highest BCUT2D eigenvalue weighted by Gasteiger charge is 2.49. The molecule has 0 atom stereocenters. The fraction of sp³-hybridized carbons (Fsp3) is 0.667. The van der Waals surface area contributed by atoms with E-state index in [4.69, 9.17) is 12.2 Å². The topological polar surface area (TPSA) is 58.2 Å². The molecule has 5 heteroatoms. The van der Waals surface area contributed by atoms with Crippen molar-refractivity contribution in [3.05, 3.63) is 0 Å². The summed E-state index contributed by atoms with van der Waals surface area (Å²) >= 11 is 4.75. The van der Waals surface area contributed by atoms with Gasteiger partial charge in [-0.15, -0.1) is 0 Å². The molecule has 0 unspecified atom stereocenters. The maximum Gasteiger partial charge on any atom is 0.241 e. The molecule has 76 valence electrons. The predicted octanol–water partition coefficient (Wildman–Crippen LogP) is 0.468. The van der Waals surface area contributed by atoms with Crippen molar-refractivity contribution in [2.45, 2.75) is 32.1 Å². The molecular weight excluding hydrogens is 200 g/mol. The molecule has 1 spiro atoms. The lowest BCUT2D eigenvalue weighted by molar-refractivity contribution is -0.145. The Morgan fingerprint density at radius 1 is 1.00 bits per heavy atom. The van der Waals surface area contributed by atoms with E-state index in [0.29, 0.717) is 12.8 Å². The molecule has 0 aromatic carbocycles. The van der Waals surface area contributed by atoms with Gasteiger partial charge in [-0.3, -0.25) is 9.59 Å². The molecule has 14 heavy (non-hydrogen) atoms. The van der Waals surface area contributed by atoms with Gasteiger partial charge in [0.1, 0.15) is 5.41 Å². The summed E-state index contributed by atoms with van der Waals surface area (Å²) < 4.78 is 0. The SMILES string of the molecule is O=C1NC(=S)NC(=O)C12CCCCC2. The van der Waals surface area contributed by atoms with Crippen LogP contribution in [0, 0.1) is 5.41 Å². The van der Waals surface area contributed by atoms with Gasteiger partial charge in [-0.2, -0.15) is 0 Å². The van der Waals surface area contributed by atoms with E-state index in [9.17, 15) is 9.59 Å². The summed E-state index contributed by atoms with van der Waals surface area (Å²) in [7, 11) is 0. The van der Waals surface area contributed by atoms with Crippen LogP contribution in [0.4, 0.5) is 0 Å².